The summed E-state index contributed by atoms with van der Waals surface area (Å²) >= 11 is 4.71. The number of rotatable bonds is 5. The number of carbonyl (C=O) groups is 1. The van der Waals surface area contributed by atoms with Gasteiger partial charge in [0.05, 0.1) is 6.61 Å². The number of hydrogen-bond acceptors (Lipinski definition) is 5. The lowest BCUT2D eigenvalue weighted by Gasteiger charge is -2.01. The number of amides is 1. The summed E-state index contributed by atoms with van der Waals surface area (Å²) in [5.41, 5.74) is 2.02. The van der Waals surface area contributed by atoms with Gasteiger partial charge in [-0.25, -0.2) is 4.98 Å². The molecule has 0 aliphatic heterocycles. The monoisotopic (exact) mass is 442 g/mol. The van der Waals surface area contributed by atoms with Gasteiger partial charge in [-0.3, -0.25) is 10.1 Å². The Morgan fingerprint density at radius 3 is 2.81 bits per heavy atom. The van der Waals surface area contributed by atoms with Crippen LogP contribution in [0.25, 0.3) is 22.4 Å². The number of nitrogens with zero attached hydrogens (tertiary/aromatic N) is 1. The number of hydrogen-bond donors (Lipinski definition) is 1. The number of anilines is 1. The molecule has 1 N–H and O–H groups in total. The SMILES string of the molecule is CCOc1ccc2oc(-c3csc(NC(=O)c4ccc(Br)cc4)n3)cc2c1. The molecule has 0 bridgehead atoms. The van der Waals surface area contributed by atoms with Gasteiger partial charge in [-0.05, 0) is 55.5 Å². The van der Waals surface area contributed by atoms with E-state index in [1.165, 1.54) is 11.3 Å². The first-order chi connectivity index (χ1) is 13.1. The molecule has 136 valence electrons. The Kier molecular flexibility index (Phi) is 4.96. The van der Waals surface area contributed by atoms with Gasteiger partial charge >= 0.3 is 0 Å². The number of carbonyl (C=O) groups excluding carboxylic acids is 1. The van der Waals surface area contributed by atoms with Crippen molar-refractivity contribution in [3.05, 3.63) is 63.9 Å². The zero-order chi connectivity index (χ0) is 18.8. The third-order valence-electron chi connectivity index (χ3n) is 3.88. The first-order valence-electron chi connectivity index (χ1n) is 8.31. The van der Waals surface area contributed by atoms with E-state index in [0.717, 1.165) is 21.2 Å². The minimum atomic E-state index is -0.200. The van der Waals surface area contributed by atoms with Gasteiger partial charge in [0.1, 0.15) is 17.0 Å². The highest BCUT2D eigenvalue weighted by molar-refractivity contribution is 9.10. The van der Waals surface area contributed by atoms with Crippen molar-refractivity contribution in [2.45, 2.75) is 6.92 Å². The van der Waals surface area contributed by atoms with Crippen LogP contribution < -0.4 is 10.1 Å². The van der Waals surface area contributed by atoms with E-state index < -0.39 is 0 Å². The van der Waals surface area contributed by atoms with E-state index in [9.17, 15) is 4.79 Å². The standard InChI is InChI=1S/C20H15BrN2O3S/c1-2-25-15-7-8-17-13(9-15)10-18(26-17)16-11-27-20(22-16)23-19(24)12-3-5-14(21)6-4-12/h3-11H,2H2,1H3,(H,22,23,24). The van der Waals surface area contributed by atoms with Crippen LogP contribution in [0.15, 0.2) is 62.8 Å². The maximum Gasteiger partial charge on any atom is 0.257 e. The number of benzene rings is 2. The average molecular weight is 443 g/mol. The molecular weight excluding hydrogens is 428 g/mol. The van der Waals surface area contributed by atoms with Crippen LogP contribution in [-0.2, 0) is 0 Å². The summed E-state index contributed by atoms with van der Waals surface area (Å²) < 4.78 is 12.3. The van der Waals surface area contributed by atoms with Gasteiger partial charge in [0.2, 0.25) is 0 Å². The molecule has 0 aliphatic carbocycles. The molecule has 4 rings (SSSR count). The number of thiazole rings is 1. The summed E-state index contributed by atoms with van der Waals surface area (Å²) in [7, 11) is 0. The minimum Gasteiger partial charge on any atom is -0.494 e. The van der Waals surface area contributed by atoms with E-state index in [1.807, 2.05) is 48.7 Å². The Balaban J connectivity index is 1.54. The molecule has 0 unspecified atom stereocenters. The summed E-state index contributed by atoms with van der Waals surface area (Å²) in [5, 5.41) is 6.15. The molecule has 4 aromatic rings. The van der Waals surface area contributed by atoms with Gasteiger partial charge < -0.3 is 9.15 Å². The molecule has 5 nitrogen and oxygen atoms in total. The highest BCUT2D eigenvalue weighted by atomic mass is 79.9. The zero-order valence-corrected chi connectivity index (χ0v) is 16.8. The van der Waals surface area contributed by atoms with Gasteiger partial charge in [-0.1, -0.05) is 15.9 Å². The zero-order valence-electron chi connectivity index (χ0n) is 14.4. The Labute approximate surface area is 168 Å². The van der Waals surface area contributed by atoms with Gasteiger partial charge in [-0.15, -0.1) is 11.3 Å². The van der Waals surface area contributed by atoms with Crippen molar-refractivity contribution in [2.24, 2.45) is 0 Å². The normalized spacial score (nSPS) is 10.9. The van der Waals surface area contributed by atoms with Crippen molar-refractivity contribution in [1.29, 1.82) is 0 Å². The highest BCUT2D eigenvalue weighted by Crippen LogP contribution is 2.32. The molecular formula is C20H15BrN2O3S. The molecule has 7 heteroatoms. The van der Waals surface area contributed by atoms with Crippen molar-refractivity contribution >= 4 is 49.3 Å². The van der Waals surface area contributed by atoms with E-state index in [-0.39, 0.29) is 5.91 Å². The first-order valence-corrected chi connectivity index (χ1v) is 9.99. The molecule has 0 fully saturated rings. The molecule has 0 atom stereocenters. The van der Waals surface area contributed by atoms with Crippen LogP contribution in [0, 0.1) is 0 Å². The quantitative estimate of drug-likeness (QED) is 0.413. The molecule has 0 spiro atoms. The fourth-order valence-corrected chi connectivity index (χ4v) is 3.58. The van der Waals surface area contributed by atoms with E-state index in [4.69, 9.17) is 9.15 Å². The molecule has 0 radical (unpaired) electrons. The third kappa shape index (κ3) is 3.89. The van der Waals surface area contributed by atoms with Gasteiger partial charge in [0.25, 0.3) is 5.91 Å². The van der Waals surface area contributed by atoms with Crippen molar-refractivity contribution in [3.8, 4) is 17.2 Å². The number of furan rings is 1. The lowest BCUT2D eigenvalue weighted by molar-refractivity contribution is 0.102. The summed E-state index contributed by atoms with van der Waals surface area (Å²) in [6.45, 7) is 2.56. The van der Waals surface area contributed by atoms with Gasteiger partial charge in [0.15, 0.2) is 10.9 Å². The Hall–Kier alpha value is -2.64. The average Bonchev–Trinajstić information content (AvgIpc) is 3.28. The second-order valence-corrected chi connectivity index (χ2v) is 7.52. The molecule has 2 aromatic heterocycles. The summed E-state index contributed by atoms with van der Waals surface area (Å²) in [6.07, 6.45) is 0. The molecule has 27 heavy (non-hydrogen) atoms. The van der Waals surface area contributed by atoms with Crippen LogP contribution in [0.3, 0.4) is 0 Å². The third-order valence-corrected chi connectivity index (χ3v) is 5.17. The second-order valence-electron chi connectivity index (χ2n) is 5.74. The van der Waals surface area contributed by atoms with Gasteiger partial charge in [-0.2, -0.15) is 0 Å². The fraction of sp³-hybridized carbons (Fsp3) is 0.100. The maximum absolute atomic E-state index is 12.3. The van der Waals surface area contributed by atoms with Crippen molar-refractivity contribution in [2.75, 3.05) is 11.9 Å². The van der Waals surface area contributed by atoms with Crippen LogP contribution in [-0.4, -0.2) is 17.5 Å². The van der Waals surface area contributed by atoms with Crippen molar-refractivity contribution in [1.82, 2.24) is 4.98 Å². The Morgan fingerprint density at radius 2 is 2.04 bits per heavy atom. The van der Waals surface area contributed by atoms with E-state index >= 15 is 0 Å². The summed E-state index contributed by atoms with van der Waals surface area (Å²) in [4.78, 5) is 16.8. The van der Waals surface area contributed by atoms with Crippen molar-refractivity contribution < 1.29 is 13.9 Å². The predicted octanol–water partition coefficient (Wildman–Crippen LogP) is 5.97. The molecule has 2 heterocycles. The Bertz CT molecular complexity index is 1100. The molecule has 0 aliphatic rings. The molecule has 0 saturated carbocycles. The van der Waals surface area contributed by atoms with Crippen LogP contribution in [0.1, 0.15) is 17.3 Å². The molecule has 1 amide bonds. The van der Waals surface area contributed by atoms with Crippen LogP contribution in [0.5, 0.6) is 5.75 Å². The Morgan fingerprint density at radius 1 is 1.22 bits per heavy atom. The first kappa shape index (κ1) is 17.8. The van der Waals surface area contributed by atoms with Crippen molar-refractivity contribution in [3.63, 3.8) is 0 Å². The molecule has 2 aromatic carbocycles. The summed E-state index contributed by atoms with van der Waals surface area (Å²) in [5.74, 6) is 1.26. The second kappa shape index (κ2) is 7.54. The predicted molar refractivity (Wildman–Crippen MR) is 111 cm³/mol. The smallest absolute Gasteiger partial charge is 0.257 e. The van der Waals surface area contributed by atoms with Crippen LogP contribution in [0.4, 0.5) is 5.13 Å². The van der Waals surface area contributed by atoms with Gasteiger partial charge in [0, 0.05) is 20.8 Å². The largest absolute Gasteiger partial charge is 0.494 e. The maximum atomic E-state index is 12.3. The van der Waals surface area contributed by atoms with Crippen LogP contribution in [0.2, 0.25) is 0 Å². The molecule has 0 saturated heterocycles. The lowest BCUT2D eigenvalue weighted by atomic mass is 10.2. The fourth-order valence-electron chi connectivity index (χ4n) is 2.62. The summed E-state index contributed by atoms with van der Waals surface area (Å²) in [6, 6.07) is 14.8. The lowest BCUT2D eigenvalue weighted by Crippen LogP contribution is -2.11. The number of aromatic nitrogens is 1. The topological polar surface area (TPSA) is 64.4 Å². The number of ether oxygens (including phenoxy) is 1. The number of fused-ring (bicyclic) bond motifs is 1. The van der Waals surface area contributed by atoms with Crippen LogP contribution >= 0.6 is 27.3 Å². The van der Waals surface area contributed by atoms with E-state index in [1.54, 1.807) is 12.1 Å². The number of nitrogens with one attached hydrogen (secondary N) is 1. The minimum absolute atomic E-state index is 0.200. The van der Waals surface area contributed by atoms with E-state index in [0.29, 0.717) is 28.8 Å². The number of halogens is 1. The highest BCUT2D eigenvalue weighted by Gasteiger charge is 2.13. The van der Waals surface area contributed by atoms with E-state index in [2.05, 4.69) is 26.2 Å².